The van der Waals surface area contributed by atoms with Gasteiger partial charge in [0, 0.05) is 21.7 Å². The van der Waals surface area contributed by atoms with E-state index in [1.54, 1.807) is 36.4 Å². The summed E-state index contributed by atoms with van der Waals surface area (Å²) in [6, 6.07) is 11.3. The topological polar surface area (TPSA) is 58.2 Å². The second kappa shape index (κ2) is 7.69. The minimum absolute atomic E-state index is 0.263. The number of amides is 2. The average molecular weight is 377 g/mol. The van der Waals surface area contributed by atoms with Crippen molar-refractivity contribution in [2.45, 2.75) is 6.92 Å². The van der Waals surface area contributed by atoms with Crippen LogP contribution in [0.5, 0.6) is 0 Å². The Hall–Kier alpha value is -2.47. The van der Waals surface area contributed by atoms with Gasteiger partial charge in [0.05, 0.1) is 0 Å². The van der Waals surface area contributed by atoms with Crippen LogP contribution in [0.2, 0.25) is 0 Å². The molecule has 6 heteroatoms. The molecule has 0 unspecified atom stereocenters. The van der Waals surface area contributed by atoms with Gasteiger partial charge in [0.2, 0.25) is 0 Å². The summed E-state index contributed by atoms with van der Waals surface area (Å²) in [4.78, 5) is 23.5. The van der Waals surface area contributed by atoms with Gasteiger partial charge in [-0.15, -0.1) is 0 Å². The number of hydrazine groups is 1. The molecule has 0 saturated carbocycles. The third-order valence-corrected chi connectivity index (χ3v) is 3.48. The van der Waals surface area contributed by atoms with Crippen molar-refractivity contribution in [3.05, 3.63) is 75.5 Å². The van der Waals surface area contributed by atoms with E-state index >= 15 is 0 Å². The van der Waals surface area contributed by atoms with Crippen molar-refractivity contribution < 1.29 is 14.0 Å². The van der Waals surface area contributed by atoms with Gasteiger partial charge < -0.3 is 0 Å². The van der Waals surface area contributed by atoms with Gasteiger partial charge in [0.15, 0.2) is 0 Å². The predicted molar refractivity (Wildman–Crippen MR) is 89.9 cm³/mol. The summed E-state index contributed by atoms with van der Waals surface area (Å²) in [5.74, 6) is -1.44. The second-order valence-corrected chi connectivity index (χ2v) is 5.72. The maximum absolute atomic E-state index is 13.5. The SMILES string of the molecule is Cc1ccc(C(=O)NNC(=O)/C=C/c2cc(Br)ccc2F)cc1. The first-order chi connectivity index (χ1) is 11.0. The highest BCUT2D eigenvalue weighted by atomic mass is 79.9. The first kappa shape index (κ1) is 16.9. The maximum Gasteiger partial charge on any atom is 0.269 e. The molecule has 4 nitrogen and oxygen atoms in total. The van der Waals surface area contributed by atoms with E-state index in [4.69, 9.17) is 0 Å². The summed E-state index contributed by atoms with van der Waals surface area (Å²) in [5.41, 5.74) is 6.25. The van der Waals surface area contributed by atoms with E-state index in [0.717, 1.165) is 11.6 Å². The van der Waals surface area contributed by atoms with E-state index in [1.165, 1.54) is 12.1 Å². The molecule has 0 aromatic heterocycles. The number of benzene rings is 2. The largest absolute Gasteiger partial charge is 0.269 e. The van der Waals surface area contributed by atoms with Gasteiger partial charge in [0.25, 0.3) is 11.8 Å². The Kier molecular flexibility index (Phi) is 5.65. The van der Waals surface area contributed by atoms with Crippen LogP contribution in [-0.2, 0) is 4.79 Å². The quantitative estimate of drug-likeness (QED) is 0.637. The van der Waals surface area contributed by atoms with Gasteiger partial charge in [-0.3, -0.25) is 20.4 Å². The fourth-order valence-corrected chi connectivity index (χ4v) is 2.12. The number of rotatable bonds is 3. The Morgan fingerprint density at radius 2 is 1.78 bits per heavy atom. The van der Waals surface area contributed by atoms with Crippen LogP contribution in [0.4, 0.5) is 4.39 Å². The minimum Gasteiger partial charge on any atom is -0.268 e. The highest BCUT2D eigenvalue weighted by Crippen LogP contribution is 2.16. The Balaban J connectivity index is 1.92. The lowest BCUT2D eigenvalue weighted by molar-refractivity contribution is -0.117. The average Bonchev–Trinajstić information content (AvgIpc) is 2.54. The zero-order valence-electron chi connectivity index (χ0n) is 12.3. The highest BCUT2D eigenvalue weighted by Gasteiger charge is 2.05. The molecule has 0 heterocycles. The second-order valence-electron chi connectivity index (χ2n) is 4.81. The molecule has 0 spiro atoms. The van der Waals surface area contributed by atoms with E-state index in [9.17, 15) is 14.0 Å². The molecule has 2 aromatic carbocycles. The van der Waals surface area contributed by atoms with Crippen LogP contribution in [-0.4, -0.2) is 11.8 Å². The van der Waals surface area contributed by atoms with Crippen molar-refractivity contribution in [1.82, 2.24) is 10.9 Å². The van der Waals surface area contributed by atoms with Gasteiger partial charge in [-0.05, 0) is 43.3 Å². The summed E-state index contributed by atoms with van der Waals surface area (Å²) in [6.45, 7) is 1.91. The molecule has 0 bridgehead atoms. The first-order valence-electron chi connectivity index (χ1n) is 6.76. The molecule has 0 aliphatic carbocycles. The fourth-order valence-electron chi connectivity index (χ4n) is 1.74. The maximum atomic E-state index is 13.5. The molecule has 2 aromatic rings. The lowest BCUT2D eigenvalue weighted by Gasteiger charge is -2.05. The predicted octanol–water partition coefficient (Wildman–Crippen LogP) is 3.37. The first-order valence-corrected chi connectivity index (χ1v) is 7.55. The van der Waals surface area contributed by atoms with Crippen LogP contribution >= 0.6 is 15.9 Å². The van der Waals surface area contributed by atoms with Crippen molar-refractivity contribution in [3.8, 4) is 0 Å². The Morgan fingerprint density at radius 1 is 1.09 bits per heavy atom. The summed E-state index contributed by atoms with van der Waals surface area (Å²) in [6.07, 6.45) is 2.47. The molecule has 118 valence electrons. The summed E-state index contributed by atoms with van der Waals surface area (Å²) in [7, 11) is 0. The van der Waals surface area contributed by atoms with Crippen LogP contribution in [0.3, 0.4) is 0 Å². The van der Waals surface area contributed by atoms with Crippen molar-refractivity contribution in [2.75, 3.05) is 0 Å². The van der Waals surface area contributed by atoms with Crippen molar-refractivity contribution >= 4 is 33.8 Å². The molecule has 0 saturated heterocycles. The number of halogens is 2. The standard InChI is InChI=1S/C17H14BrFN2O2/c1-11-2-4-12(5-3-11)17(23)21-20-16(22)9-6-13-10-14(18)7-8-15(13)19/h2-10H,1H3,(H,20,22)(H,21,23)/b9-6+. The Morgan fingerprint density at radius 3 is 2.48 bits per heavy atom. The van der Waals surface area contributed by atoms with E-state index in [-0.39, 0.29) is 5.56 Å². The molecule has 0 aliphatic rings. The van der Waals surface area contributed by atoms with Gasteiger partial charge >= 0.3 is 0 Å². The molecule has 2 amide bonds. The molecule has 2 N–H and O–H groups in total. The zero-order chi connectivity index (χ0) is 16.8. The van der Waals surface area contributed by atoms with Gasteiger partial charge in [-0.25, -0.2) is 4.39 Å². The van der Waals surface area contributed by atoms with Crippen LogP contribution in [0.15, 0.2) is 53.0 Å². The smallest absolute Gasteiger partial charge is 0.268 e. The molecule has 23 heavy (non-hydrogen) atoms. The zero-order valence-corrected chi connectivity index (χ0v) is 13.9. The number of carbonyl (C=O) groups excluding carboxylic acids is 2. The number of carbonyl (C=O) groups is 2. The van der Waals surface area contributed by atoms with E-state index in [2.05, 4.69) is 26.8 Å². The monoisotopic (exact) mass is 376 g/mol. The number of hydrogen-bond donors (Lipinski definition) is 2. The van der Waals surface area contributed by atoms with E-state index in [0.29, 0.717) is 10.0 Å². The summed E-state index contributed by atoms with van der Waals surface area (Å²) >= 11 is 3.23. The van der Waals surface area contributed by atoms with Crippen molar-refractivity contribution in [2.24, 2.45) is 0 Å². The number of aryl methyl sites for hydroxylation is 1. The van der Waals surface area contributed by atoms with Gasteiger partial charge in [-0.1, -0.05) is 33.6 Å². The van der Waals surface area contributed by atoms with Crippen LogP contribution in [0.25, 0.3) is 6.08 Å². The normalized spacial score (nSPS) is 10.6. The lowest BCUT2D eigenvalue weighted by Crippen LogP contribution is -2.40. The summed E-state index contributed by atoms with van der Waals surface area (Å²) < 4.78 is 14.2. The van der Waals surface area contributed by atoms with Crippen LogP contribution < -0.4 is 10.9 Å². The highest BCUT2D eigenvalue weighted by molar-refractivity contribution is 9.10. The fraction of sp³-hybridized carbons (Fsp3) is 0.0588. The lowest BCUT2D eigenvalue weighted by atomic mass is 10.1. The molecule has 0 aliphatic heterocycles. The molecule has 0 radical (unpaired) electrons. The van der Waals surface area contributed by atoms with Crippen molar-refractivity contribution in [1.29, 1.82) is 0 Å². The van der Waals surface area contributed by atoms with Crippen molar-refractivity contribution in [3.63, 3.8) is 0 Å². The molecule has 0 fully saturated rings. The Bertz CT molecular complexity index is 758. The molecular weight excluding hydrogens is 363 g/mol. The minimum atomic E-state index is -0.565. The Labute approximate surface area is 141 Å². The third-order valence-electron chi connectivity index (χ3n) is 2.99. The number of nitrogens with one attached hydrogen (secondary N) is 2. The third kappa shape index (κ3) is 5.03. The molecule has 2 rings (SSSR count). The molecular formula is C17H14BrFN2O2. The molecule has 0 atom stereocenters. The van der Waals surface area contributed by atoms with E-state index in [1.807, 2.05) is 6.92 Å². The van der Waals surface area contributed by atoms with Crippen LogP contribution in [0.1, 0.15) is 21.5 Å². The summed E-state index contributed by atoms with van der Waals surface area (Å²) in [5, 5.41) is 0. The van der Waals surface area contributed by atoms with E-state index < -0.39 is 17.6 Å². The number of hydrogen-bond acceptors (Lipinski definition) is 2. The van der Waals surface area contributed by atoms with Gasteiger partial charge in [-0.2, -0.15) is 0 Å². The van der Waals surface area contributed by atoms with Gasteiger partial charge in [0.1, 0.15) is 5.82 Å². The van der Waals surface area contributed by atoms with Crippen LogP contribution in [0, 0.1) is 12.7 Å².